The molecule has 4 rings (SSSR count). The smallest absolute Gasteiger partial charge is 0.229 e. The summed E-state index contributed by atoms with van der Waals surface area (Å²) in [7, 11) is 0. The van der Waals surface area contributed by atoms with Gasteiger partial charge in [0.15, 0.2) is 0 Å². The number of nitrogen functional groups attached to an aromatic ring is 1. The number of nitrogens with one attached hydrogen (secondary N) is 1. The second-order valence-corrected chi connectivity index (χ2v) is 5.96. The zero-order chi connectivity index (χ0) is 17.8. The van der Waals surface area contributed by atoms with Crippen molar-refractivity contribution in [2.45, 2.75) is 6.42 Å². The summed E-state index contributed by atoms with van der Waals surface area (Å²) in [6.45, 7) is 1.46. The van der Waals surface area contributed by atoms with Gasteiger partial charge in [-0.1, -0.05) is 24.3 Å². The number of hydrogen-bond acceptors (Lipinski definition) is 6. The molecule has 2 aromatic heterocycles. The Kier molecular flexibility index (Phi) is 4.57. The van der Waals surface area contributed by atoms with E-state index in [1.165, 1.54) is 11.1 Å². The standard InChI is InChI=1S/C20H19N5O/c21-19-17(18-3-1-2-10-22-18)13-23-20(25-19)24-16-6-4-14(5-7-16)15-8-11-26-12-9-15/h1-8,10,13H,9,11-12H2,(H3,21,23,24,25). The lowest BCUT2D eigenvalue weighted by atomic mass is 10.0. The van der Waals surface area contributed by atoms with Crippen molar-refractivity contribution < 1.29 is 4.74 Å². The molecular weight excluding hydrogens is 326 g/mol. The lowest BCUT2D eigenvalue weighted by Gasteiger charge is -2.14. The van der Waals surface area contributed by atoms with E-state index in [9.17, 15) is 0 Å². The molecule has 3 aromatic rings. The van der Waals surface area contributed by atoms with E-state index in [0.29, 0.717) is 18.4 Å². The van der Waals surface area contributed by atoms with Crippen molar-refractivity contribution in [2.24, 2.45) is 0 Å². The molecule has 0 amide bonds. The summed E-state index contributed by atoms with van der Waals surface area (Å²) in [6.07, 6.45) is 6.48. The number of ether oxygens (including phenoxy) is 1. The van der Waals surface area contributed by atoms with Gasteiger partial charge in [-0.15, -0.1) is 0 Å². The molecule has 0 saturated heterocycles. The van der Waals surface area contributed by atoms with Crippen LogP contribution in [0.2, 0.25) is 0 Å². The quantitative estimate of drug-likeness (QED) is 0.750. The van der Waals surface area contributed by atoms with Gasteiger partial charge in [-0.2, -0.15) is 4.98 Å². The van der Waals surface area contributed by atoms with Crippen molar-refractivity contribution in [1.82, 2.24) is 15.0 Å². The summed E-state index contributed by atoms with van der Waals surface area (Å²) in [5.74, 6) is 0.852. The van der Waals surface area contributed by atoms with Crippen LogP contribution in [0.15, 0.2) is 60.9 Å². The first kappa shape index (κ1) is 16.2. The average molecular weight is 345 g/mol. The van der Waals surface area contributed by atoms with E-state index in [1.807, 2.05) is 30.3 Å². The van der Waals surface area contributed by atoms with E-state index in [2.05, 4.69) is 38.5 Å². The molecule has 3 heterocycles. The molecule has 0 spiro atoms. The van der Waals surface area contributed by atoms with Crippen LogP contribution in [0.5, 0.6) is 0 Å². The lowest BCUT2D eigenvalue weighted by molar-refractivity contribution is 0.161. The van der Waals surface area contributed by atoms with Crippen molar-refractivity contribution in [1.29, 1.82) is 0 Å². The summed E-state index contributed by atoms with van der Waals surface area (Å²) in [5.41, 5.74) is 11.0. The molecular formula is C20H19N5O. The van der Waals surface area contributed by atoms with Crippen LogP contribution in [0, 0.1) is 0 Å². The first-order valence-corrected chi connectivity index (χ1v) is 8.48. The molecule has 130 valence electrons. The Morgan fingerprint density at radius 1 is 1.04 bits per heavy atom. The molecule has 0 fully saturated rings. The van der Waals surface area contributed by atoms with Gasteiger partial charge in [0.1, 0.15) is 5.82 Å². The van der Waals surface area contributed by atoms with Gasteiger partial charge in [0.05, 0.1) is 24.5 Å². The molecule has 6 heteroatoms. The third kappa shape index (κ3) is 3.55. The van der Waals surface area contributed by atoms with Crippen molar-refractivity contribution in [2.75, 3.05) is 24.3 Å². The number of benzene rings is 1. The van der Waals surface area contributed by atoms with Crippen LogP contribution < -0.4 is 11.1 Å². The van der Waals surface area contributed by atoms with Crippen molar-refractivity contribution >= 4 is 23.0 Å². The van der Waals surface area contributed by atoms with Crippen molar-refractivity contribution in [3.8, 4) is 11.3 Å². The highest BCUT2D eigenvalue weighted by atomic mass is 16.5. The maximum Gasteiger partial charge on any atom is 0.229 e. The lowest BCUT2D eigenvalue weighted by Crippen LogP contribution is -2.04. The third-order valence-electron chi connectivity index (χ3n) is 4.23. The molecule has 1 aromatic carbocycles. The van der Waals surface area contributed by atoms with E-state index in [1.54, 1.807) is 12.4 Å². The Labute approximate surface area is 151 Å². The predicted octanol–water partition coefficient (Wildman–Crippen LogP) is 3.67. The Hall–Kier alpha value is -3.25. The fourth-order valence-corrected chi connectivity index (χ4v) is 2.86. The first-order valence-electron chi connectivity index (χ1n) is 8.48. The Morgan fingerprint density at radius 3 is 2.62 bits per heavy atom. The maximum absolute atomic E-state index is 6.08. The number of anilines is 3. The third-order valence-corrected chi connectivity index (χ3v) is 4.23. The molecule has 0 bridgehead atoms. The van der Waals surface area contributed by atoms with Crippen LogP contribution >= 0.6 is 0 Å². The van der Waals surface area contributed by atoms with Gasteiger partial charge in [-0.3, -0.25) is 4.98 Å². The molecule has 6 nitrogen and oxygen atoms in total. The fraction of sp³-hybridized carbons (Fsp3) is 0.150. The summed E-state index contributed by atoms with van der Waals surface area (Å²) in [4.78, 5) is 13.0. The van der Waals surface area contributed by atoms with E-state index >= 15 is 0 Å². The molecule has 3 N–H and O–H groups in total. The minimum Gasteiger partial charge on any atom is -0.383 e. The van der Waals surface area contributed by atoms with Gasteiger partial charge in [-0.25, -0.2) is 4.98 Å². The monoisotopic (exact) mass is 345 g/mol. The minimum atomic E-state index is 0.394. The van der Waals surface area contributed by atoms with Gasteiger partial charge in [-0.05, 0) is 41.8 Å². The van der Waals surface area contributed by atoms with E-state index < -0.39 is 0 Å². The van der Waals surface area contributed by atoms with Gasteiger partial charge in [0.25, 0.3) is 0 Å². The number of pyridine rings is 1. The van der Waals surface area contributed by atoms with Gasteiger partial charge < -0.3 is 15.8 Å². The summed E-state index contributed by atoms with van der Waals surface area (Å²) < 4.78 is 5.36. The van der Waals surface area contributed by atoms with Crippen LogP contribution in [0.1, 0.15) is 12.0 Å². The second-order valence-electron chi connectivity index (χ2n) is 5.96. The molecule has 1 aliphatic heterocycles. The fourth-order valence-electron chi connectivity index (χ4n) is 2.86. The number of nitrogens with zero attached hydrogens (tertiary/aromatic N) is 3. The highest BCUT2D eigenvalue weighted by molar-refractivity contribution is 5.72. The Balaban J connectivity index is 1.50. The Morgan fingerprint density at radius 2 is 1.92 bits per heavy atom. The van der Waals surface area contributed by atoms with Crippen LogP contribution in [0.4, 0.5) is 17.5 Å². The first-order chi connectivity index (χ1) is 12.8. The number of aromatic nitrogens is 3. The normalized spacial score (nSPS) is 13.9. The summed E-state index contributed by atoms with van der Waals surface area (Å²) in [6, 6.07) is 13.8. The van der Waals surface area contributed by atoms with Crippen LogP contribution in [0.3, 0.4) is 0 Å². The number of rotatable bonds is 4. The topological polar surface area (TPSA) is 86.0 Å². The van der Waals surface area contributed by atoms with Gasteiger partial charge in [0.2, 0.25) is 5.95 Å². The highest BCUT2D eigenvalue weighted by Crippen LogP contribution is 2.25. The number of hydrogen-bond donors (Lipinski definition) is 2. The average Bonchev–Trinajstić information content (AvgIpc) is 2.70. The minimum absolute atomic E-state index is 0.394. The zero-order valence-electron chi connectivity index (χ0n) is 14.2. The van der Waals surface area contributed by atoms with Gasteiger partial charge in [0, 0.05) is 18.1 Å². The van der Waals surface area contributed by atoms with Crippen LogP contribution in [-0.4, -0.2) is 28.2 Å². The predicted molar refractivity (Wildman–Crippen MR) is 103 cm³/mol. The highest BCUT2D eigenvalue weighted by Gasteiger charge is 2.09. The van der Waals surface area contributed by atoms with Gasteiger partial charge >= 0.3 is 0 Å². The summed E-state index contributed by atoms with van der Waals surface area (Å²) in [5, 5.41) is 3.19. The van der Waals surface area contributed by atoms with E-state index in [4.69, 9.17) is 10.5 Å². The summed E-state index contributed by atoms with van der Waals surface area (Å²) >= 11 is 0. The van der Waals surface area contributed by atoms with E-state index in [-0.39, 0.29) is 0 Å². The van der Waals surface area contributed by atoms with E-state index in [0.717, 1.165) is 30.0 Å². The van der Waals surface area contributed by atoms with Crippen molar-refractivity contribution in [3.63, 3.8) is 0 Å². The van der Waals surface area contributed by atoms with Crippen LogP contribution in [0.25, 0.3) is 16.8 Å². The largest absolute Gasteiger partial charge is 0.383 e. The maximum atomic E-state index is 6.08. The number of nitrogens with two attached hydrogens (primary N) is 1. The molecule has 0 atom stereocenters. The molecule has 1 aliphatic rings. The molecule has 0 unspecified atom stereocenters. The zero-order valence-corrected chi connectivity index (χ0v) is 14.2. The molecule has 26 heavy (non-hydrogen) atoms. The molecule has 0 radical (unpaired) electrons. The second kappa shape index (κ2) is 7.33. The van der Waals surface area contributed by atoms with Crippen LogP contribution in [-0.2, 0) is 4.74 Å². The van der Waals surface area contributed by atoms with Crippen molar-refractivity contribution in [3.05, 3.63) is 66.5 Å². The molecule has 0 aliphatic carbocycles. The Bertz CT molecular complexity index is 923. The SMILES string of the molecule is Nc1nc(Nc2ccc(C3=CCOCC3)cc2)ncc1-c1ccccn1. The molecule has 0 saturated carbocycles.